The molecule has 1 aromatic rings. The average molecular weight is 359 g/mol. The lowest BCUT2D eigenvalue weighted by atomic mass is 9.79. The van der Waals surface area contributed by atoms with Crippen molar-refractivity contribution < 1.29 is 14.3 Å². The fourth-order valence-electron chi connectivity index (χ4n) is 3.25. The molecule has 0 aromatic heterocycles. The van der Waals surface area contributed by atoms with Crippen LogP contribution in [0.15, 0.2) is 34.3 Å². The third-order valence-electron chi connectivity index (χ3n) is 4.28. The molecule has 0 bridgehead atoms. The van der Waals surface area contributed by atoms with Gasteiger partial charge in [0.05, 0.1) is 6.10 Å². The van der Waals surface area contributed by atoms with Crippen LogP contribution in [0.1, 0.15) is 31.7 Å². The molecule has 3 rings (SSSR count). The fourth-order valence-corrected chi connectivity index (χ4v) is 3.80. The highest BCUT2D eigenvalue weighted by Gasteiger charge is 2.45. The topological polar surface area (TPSA) is 71.3 Å². The van der Waals surface area contributed by atoms with Gasteiger partial charge in [-0.15, -0.1) is 0 Å². The monoisotopic (exact) mass is 359 g/mol. The minimum Gasteiger partial charge on any atom is -0.491 e. The summed E-state index contributed by atoms with van der Waals surface area (Å²) in [6, 6.07) is 7.57. The van der Waals surface area contributed by atoms with E-state index in [0.717, 1.165) is 5.56 Å². The molecule has 6 nitrogen and oxygen atoms in total. The molecule has 2 aliphatic heterocycles. The Kier molecular flexibility index (Phi) is 4.94. The van der Waals surface area contributed by atoms with Crippen LogP contribution in [0.3, 0.4) is 0 Å². The number of carbonyl (C=O) groups is 2. The van der Waals surface area contributed by atoms with E-state index in [4.69, 9.17) is 4.74 Å². The molecule has 0 saturated carbocycles. The SMILES string of the molecule is CSC1=NC(=O)C2C(=NC(=O)CC2c2ccccc2OC(C)C)N1C. The molecule has 25 heavy (non-hydrogen) atoms. The standard InChI is InChI=1S/C18H21N3O3S/c1-10(2)24-13-8-6-5-7-11(13)12-9-14(22)19-16-15(12)17(23)20-18(25-4)21(16)3/h5-8,10,12,15H,9H2,1-4H3. The molecule has 2 aliphatic rings. The molecule has 0 saturated heterocycles. The van der Waals surface area contributed by atoms with E-state index in [1.54, 1.807) is 11.9 Å². The second-order valence-electron chi connectivity index (χ2n) is 6.35. The van der Waals surface area contributed by atoms with Gasteiger partial charge in [0, 0.05) is 19.4 Å². The summed E-state index contributed by atoms with van der Waals surface area (Å²) in [5, 5.41) is 0.556. The summed E-state index contributed by atoms with van der Waals surface area (Å²) in [5.74, 6) is -0.181. The van der Waals surface area contributed by atoms with Crippen LogP contribution in [0.25, 0.3) is 0 Å². The summed E-state index contributed by atoms with van der Waals surface area (Å²) in [5.41, 5.74) is 0.853. The molecule has 0 N–H and O–H groups in total. The van der Waals surface area contributed by atoms with Crippen molar-refractivity contribution in [1.82, 2.24) is 4.90 Å². The summed E-state index contributed by atoms with van der Waals surface area (Å²) >= 11 is 1.36. The van der Waals surface area contributed by atoms with Gasteiger partial charge < -0.3 is 9.64 Å². The Labute approximate surface area is 151 Å². The van der Waals surface area contributed by atoms with Gasteiger partial charge in [0.2, 0.25) is 5.91 Å². The van der Waals surface area contributed by atoms with Crippen LogP contribution in [0.5, 0.6) is 5.75 Å². The zero-order chi connectivity index (χ0) is 18.1. The van der Waals surface area contributed by atoms with Gasteiger partial charge in [-0.05, 0) is 31.7 Å². The predicted molar refractivity (Wildman–Crippen MR) is 99.2 cm³/mol. The van der Waals surface area contributed by atoms with E-state index < -0.39 is 5.92 Å². The summed E-state index contributed by atoms with van der Waals surface area (Å²) in [4.78, 5) is 35.1. The van der Waals surface area contributed by atoms with E-state index in [2.05, 4.69) is 9.98 Å². The van der Waals surface area contributed by atoms with E-state index in [0.29, 0.717) is 16.8 Å². The first-order chi connectivity index (χ1) is 11.9. The molecule has 0 spiro atoms. The minimum absolute atomic E-state index is 0.000532. The number of nitrogens with zero attached hydrogens (tertiary/aromatic N) is 3. The first-order valence-electron chi connectivity index (χ1n) is 8.19. The zero-order valence-electron chi connectivity index (χ0n) is 14.7. The molecule has 2 atom stereocenters. The van der Waals surface area contributed by atoms with Crippen molar-refractivity contribution in [2.75, 3.05) is 13.3 Å². The summed E-state index contributed by atoms with van der Waals surface area (Å²) in [6.07, 6.45) is 2.02. The first-order valence-corrected chi connectivity index (χ1v) is 9.42. The number of para-hydroxylation sites is 1. The number of ether oxygens (including phenoxy) is 1. The third-order valence-corrected chi connectivity index (χ3v) is 5.01. The number of hydrogen-bond acceptors (Lipinski definition) is 5. The number of carbonyl (C=O) groups excluding carboxylic acids is 2. The van der Waals surface area contributed by atoms with Crippen molar-refractivity contribution in [1.29, 1.82) is 0 Å². The van der Waals surface area contributed by atoms with Crippen molar-refractivity contribution in [2.24, 2.45) is 15.9 Å². The Morgan fingerprint density at radius 2 is 1.96 bits per heavy atom. The van der Waals surface area contributed by atoms with Gasteiger partial charge in [-0.25, -0.2) is 0 Å². The molecule has 7 heteroatoms. The Bertz CT molecular complexity index is 773. The number of rotatable bonds is 3. The lowest BCUT2D eigenvalue weighted by molar-refractivity contribution is -0.122. The van der Waals surface area contributed by atoms with E-state index in [1.165, 1.54) is 11.8 Å². The van der Waals surface area contributed by atoms with Crippen molar-refractivity contribution in [3.8, 4) is 5.75 Å². The van der Waals surface area contributed by atoms with E-state index in [9.17, 15) is 9.59 Å². The number of hydrogen-bond donors (Lipinski definition) is 0. The molecule has 132 valence electrons. The van der Waals surface area contributed by atoms with Crippen LogP contribution in [0.4, 0.5) is 0 Å². The Morgan fingerprint density at radius 1 is 1.24 bits per heavy atom. The average Bonchev–Trinajstić information content (AvgIpc) is 2.57. The second-order valence-corrected chi connectivity index (χ2v) is 7.13. The highest BCUT2D eigenvalue weighted by atomic mass is 32.2. The Hall–Kier alpha value is -2.15. The number of fused-ring (bicyclic) bond motifs is 1. The van der Waals surface area contributed by atoms with Gasteiger partial charge in [-0.3, -0.25) is 9.59 Å². The molecule has 0 fully saturated rings. The molecule has 2 amide bonds. The van der Waals surface area contributed by atoms with Gasteiger partial charge in [0.15, 0.2) is 5.17 Å². The van der Waals surface area contributed by atoms with Crippen LogP contribution in [-0.2, 0) is 9.59 Å². The van der Waals surface area contributed by atoms with E-state index in [-0.39, 0.29) is 30.3 Å². The first kappa shape index (κ1) is 17.7. The molecule has 0 radical (unpaired) electrons. The predicted octanol–water partition coefficient (Wildman–Crippen LogP) is 2.69. The van der Waals surface area contributed by atoms with Crippen LogP contribution in [-0.4, -0.2) is 47.1 Å². The van der Waals surface area contributed by atoms with Gasteiger partial charge >= 0.3 is 0 Å². The molecule has 0 aliphatic carbocycles. The molecule has 2 heterocycles. The van der Waals surface area contributed by atoms with Crippen molar-refractivity contribution in [3.05, 3.63) is 29.8 Å². The van der Waals surface area contributed by atoms with Crippen LogP contribution in [0.2, 0.25) is 0 Å². The Morgan fingerprint density at radius 3 is 2.64 bits per heavy atom. The lowest BCUT2D eigenvalue weighted by Gasteiger charge is -2.37. The minimum atomic E-state index is -0.560. The number of amides is 2. The van der Waals surface area contributed by atoms with E-state index >= 15 is 0 Å². The summed E-state index contributed by atoms with van der Waals surface area (Å²) in [7, 11) is 1.79. The summed E-state index contributed by atoms with van der Waals surface area (Å²) < 4.78 is 5.90. The number of benzene rings is 1. The maximum absolute atomic E-state index is 12.7. The lowest BCUT2D eigenvalue weighted by Crippen LogP contribution is -2.49. The van der Waals surface area contributed by atoms with E-state index in [1.807, 2.05) is 44.4 Å². The zero-order valence-corrected chi connectivity index (χ0v) is 15.5. The van der Waals surface area contributed by atoms with Crippen LogP contribution in [0, 0.1) is 5.92 Å². The fraction of sp³-hybridized carbons (Fsp3) is 0.444. The number of amidine groups is 2. The maximum atomic E-state index is 12.7. The van der Waals surface area contributed by atoms with Crippen LogP contribution >= 0.6 is 11.8 Å². The second kappa shape index (κ2) is 7.00. The molecular weight excluding hydrogens is 338 g/mol. The van der Waals surface area contributed by atoms with Gasteiger partial charge in [0.1, 0.15) is 17.5 Å². The van der Waals surface area contributed by atoms with Crippen molar-refractivity contribution in [2.45, 2.75) is 32.3 Å². The third kappa shape index (κ3) is 3.33. The highest BCUT2D eigenvalue weighted by molar-refractivity contribution is 8.13. The quantitative estimate of drug-likeness (QED) is 0.830. The van der Waals surface area contributed by atoms with Crippen molar-refractivity contribution in [3.63, 3.8) is 0 Å². The summed E-state index contributed by atoms with van der Waals surface area (Å²) in [6.45, 7) is 3.90. The van der Waals surface area contributed by atoms with Gasteiger partial charge in [0.25, 0.3) is 5.91 Å². The molecule has 2 unspecified atom stereocenters. The Balaban J connectivity index is 2.07. The largest absolute Gasteiger partial charge is 0.491 e. The number of thioether (sulfide) groups is 1. The number of aliphatic imine (C=N–C) groups is 2. The smallest absolute Gasteiger partial charge is 0.259 e. The van der Waals surface area contributed by atoms with Gasteiger partial charge in [-0.1, -0.05) is 30.0 Å². The van der Waals surface area contributed by atoms with Gasteiger partial charge in [-0.2, -0.15) is 9.98 Å². The molecular formula is C18H21N3O3S. The maximum Gasteiger partial charge on any atom is 0.259 e. The van der Waals surface area contributed by atoms with Crippen LogP contribution < -0.4 is 4.74 Å². The molecule has 1 aromatic carbocycles. The highest BCUT2D eigenvalue weighted by Crippen LogP contribution is 2.41. The normalized spacial score (nSPS) is 23.3. The van der Waals surface area contributed by atoms with Crippen molar-refractivity contribution >= 4 is 34.6 Å².